The first-order valence-electron chi connectivity index (χ1n) is 7.09. The zero-order valence-corrected chi connectivity index (χ0v) is 13.6. The number of hydrogen-bond acceptors (Lipinski definition) is 5. The van der Waals surface area contributed by atoms with Gasteiger partial charge >= 0.3 is 0 Å². The molecule has 0 N–H and O–H groups in total. The Hall–Kier alpha value is -3.18. The van der Waals surface area contributed by atoms with Crippen LogP contribution in [0.5, 0.6) is 17.2 Å². The number of hydrogen-bond donors (Lipinski definition) is 0. The second-order valence-electron chi connectivity index (χ2n) is 4.79. The molecule has 1 atom stereocenters. The molecule has 0 saturated heterocycles. The van der Waals surface area contributed by atoms with Crippen molar-refractivity contribution in [2.45, 2.75) is 6.04 Å². The summed E-state index contributed by atoms with van der Waals surface area (Å²) >= 11 is 0. The van der Waals surface area contributed by atoms with E-state index in [1.807, 2.05) is 6.07 Å². The van der Waals surface area contributed by atoms with Gasteiger partial charge in [0.1, 0.15) is 11.8 Å². The van der Waals surface area contributed by atoms with Gasteiger partial charge in [-0.2, -0.15) is 0 Å². The molecule has 0 fully saturated rings. The first-order chi connectivity index (χ1) is 11.7. The van der Waals surface area contributed by atoms with Gasteiger partial charge in [-0.05, 0) is 17.2 Å². The van der Waals surface area contributed by atoms with Gasteiger partial charge in [0.15, 0.2) is 17.3 Å². The van der Waals surface area contributed by atoms with E-state index >= 15 is 0 Å². The Morgan fingerprint density at radius 2 is 1.58 bits per heavy atom. The number of benzene rings is 2. The van der Waals surface area contributed by atoms with Crippen LogP contribution in [0.2, 0.25) is 0 Å². The summed E-state index contributed by atoms with van der Waals surface area (Å²) in [5.74, 6) is 0.740. The van der Waals surface area contributed by atoms with Crippen molar-refractivity contribution < 1.29 is 19.0 Å². The lowest BCUT2D eigenvalue weighted by molar-refractivity contribution is 0.0958. The van der Waals surface area contributed by atoms with Gasteiger partial charge in [0.25, 0.3) is 0 Å². The highest BCUT2D eigenvalue weighted by Crippen LogP contribution is 2.37. The lowest BCUT2D eigenvalue weighted by Crippen LogP contribution is -2.12. The molecule has 1 unspecified atom stereocenters. The first-order valence-corrected chi connectivity index (χ1v) is 7.09. The van der Waals surface area contributed by atoms with E-state index < -0.39 is 11.8 Å². The second kappa shape index (κ2) is 7.89. The maximum atomic E-state index is 12.9. The molecule has 2 aromatic carbocycles. The van der Waals surface area contributed by atoms with Crippen molar-refractivity contribution in [3.63, 3.8) is 0 Å². The van der Waals surface area contributed by atoms with Crippen molar-refractivity contribution >= 4 is 5.78 Å². The Morgan fingerprint density at radius 1 is 1.00 bits per heavy atom. The minimum absolute atomic E-state index is 0.247. The van der Waals surface area contributed by atoms with Crippen LogP contribution in [0.15, 0.2) is 47.6 Å². The van der Waals surface area contributed by atoms with Gasteiger partial charge in [0.05, 0.1) is 26.9 Å². The molecule has 0 aliphatic heterocycles. The monoisotopic (exact) mass is 327 g/mol. The summed E-state index contributed by atoms with van der Waals surface area (Å²) in [6.07, 6.45) is 0. The Labute approximate surface area is 139 Å². The molecule has 0 radical (unpaired) electrons. The lowest BCUT2D eigenvalue weighted by atomic mass is 9.97. The molecular weight excluding hydrogens is 310 g/mol. The highest BCUT2D eigenvalue weighted by atomic mass is 16.5. The molecule has 0 aliphatic rings. The molecule has 24 heavy (non-hydrogen) atoms. The molecule has 0 aliphatic carbocycles. The number of Topliss-reactive ketones (excluding diaryl/α,β-unsaturated/α-hetero) is 1. The lowest BCUT2D eigenvalue weighted by Gasteiger charge is -2.16. The summed E-state index contributed by atoms with van der Waals surface area (Å²) in [5, 5.41) is 3.65. The standard InChI is InChI=1S/C17H17N3O4/c1-22-13-10-15(24-3)14(23-2)9-12(13)17(21)16(19-20-18)11-7-5-4-6-8-11/h4-10,16H,1-3H3. The maximum Gasteiger partial charge on any atom is 0.180 e. The third-order valence-corrected chi connectivity index (χ3v) is 3.50. The fourth-order valence-corrected chi connectivity index (χ4v) is 2.33. The normalized spacial score (nSPS) is 11.1. The number of carbonyl (C=O) groups is 1. The summed E-state index contributed by atoms with van der Waals surface area (Å²) in [4.78, 5) is 15.7. The van der Waals surface area contributed by atoms with Crippen LogP contribution in [0, 0.1) is 0 Å². The molecule has 0 saturated carbocycles. The topological polar surface area (TPSA) is 93.5 Å². The SMILES string of the molecule is COc1cc(OC)c(C(=O)C(N=[N+]=[N-])c2ccccc2)cc1OC. The molecule has 2 aromatic rings. The number of ketones is 1. The number of carbonyl (C=O) groups excluding carboxylic acids is 1. The van der Waals surface area contributed by atoms with Gasteiger partial charge in [-0.3, -0.25) is 4.79 Å². The summed E-state index contributed by atoms with van der Waals surface area (Å²) < 4.78 is 15.7. The Bertz CT molecular complexity index is 771. The number of rotatable bonds is 7. The molecular formula is C17H17N3O4. The fraction of sp³-hybridized carbons (Fsp3) is 0.235. The van der Waals surface area contributed by atoms with Crippen LogP contribution in [0.25, 0.3) is 10.4 Å². The zero-order chi connectivity index (χ0) is 17.5. The Balaban J connectivity index is 2.55. The van der Waals surface area contributed by atoms with E-state index in [0.29, 0.717) is 22.8 Å². The molecule has 0 heterocycles. The molecule has 7 heteroatoms. The van der Waals surface area contributed by atoms with E-state index in [-0.39, 0.29) is 5.56 Å². The minimum Gasteiger partial charge on any atom is -0.496 e. The van der Waals surface area contributed by atoms with Gasteiger partial charge in [0, 0.05) is 11.0 Å². The summed E-state index contributed by atoms with van der Waals surface area (Å²) in [6.45, 7) is 0. The van der Waals surface area contributed by atoms with Crippen LogP contribution in [0.3, 0.4) is 0 Å². The van der Waals surface area contributed by atoms with Gasteiger partial charge in [-0.1, -0.05) is 35.4 Å². The van der Waals surface area contributed by atoms with Gasteiger partial charge < -0.3 is 14.2 Å². The average Bonchev–Trinajstić information content (AvgIpc) is 2.65. The van der Waals surface area contributed by atoms with E-state index in [0.717, 1.165) is 0 Å². The number of azide groups is 1. The van der Waals surface area contributed by atoms with Crippen LogP contribution in [-0.2, 0) is 0 Å². The van der Waals surface area contributed by atoms with Crippen LogP contribution >= 0.6 is 0 Å². The largest absolute Gasteiger partial charge is 0.496 e. The quantitative estimate of drug-likeness (QED) is 0.333. The van der Waals surface area contributed by atoms with Crippen molar-refractivity contribution in [3.8, 4) is 17.2 Å². The van der Waals surface area contributed by atoms with E-state index in [9.17, 15) is 4.79 Å². The van der Waals surface area contributed by atoms with Gasteiger partial charge in [0.2, 0.25) is 0 Å². The predicted molar refractivity (Wildman–Crippen MR) is 88.8 cm³/mol. The predicted octanol–water partition coefficient (Wildman–Crippen LogP) is 3.95. The third kappa shape index (κ3) is 3.42. The van der Waals surface area contributed by atoms with Crippen LogP contribution in [0.4, 0.5) is 0 Å². The Kier molecular flexibility index (Phi) is 5.65. The minimum atomic E-state index is -0.997. The molecule has 0 spiro atoms. The summed E-state index contributed by atoms with van der Waals surface area (Å²) in [6, 6.07) is 10.9. The number of methoxy groups -OCH3 is 3. The molecule has 0 amide bonds. The molecule has 2 rings (SSSR count). The van der Waals surface area contributed by atoms with Crippen molar-refractivity contribution in [3.05, 3.63) is 64.0 Å². The average molecular weight is 327 g/mol. The highest BCUT2D eigenvalue weighted by molar-refractivity contribution is 6.03. The van der Waals surface area contributed by atoms with E-state index in [2.05, 4.69) is 10.0 Å². The molecule has 124 valence electrons. The number of nitrogens with zero attached hydrogens (tertiary/aromatic N) is 3. The van der Waals surface area contributed by atoms with Crippen molar-refractivity contribution in [1.82, 2.24) is 0 Å². The zero-order valence-electron chi connectivity index (χ0n) is 13.6. The third-order valence-electron chi connectivity index (χ3n) is 3.50. The van der Waals surface area contributed by atoms with Crippen LogP contribution < -0.4 is 14.2 Å². The van der Waals surface area contributed by atoms with E-state index in [1.165, 1.54) is 27.4 Å². The van der Waals surface area contributed by atoms with Crippen molar-refractivity contribution in [2.24, 2.45) is 5.11 Å². The van der Waals surface area contributed by atoms with E-state index in [4.69, 9.17) is 19.7 Å². The van der Waals surface area contributed by atoms with Crippen molar-refractivity contribution in [2.75, 3.05) is 21.3 Å². The van der Waals surface area contributed by atoms with Gasteiger partial charge in [-0.15, -0.1) is 0 Å². The van der Waals surface area contributed by atoms with Gasteiger partial charge in [-0.25, -0.2) is 0 Å². The smallest absolute Gasteiger partial charge is 0.180 e. The Morgan fingerprint density at radius 3 is 2.12 bits per heavy atom. The molecule has 7 nitrogen and oxygen atoms in total. The first kappa shape index (κ1) is 17.2. The van der Waals surface area contributed by atoms with Crippen LogP contribution in [0.1, 0.15) is 22.0 Å². The number of ether oxygens (including phenoxy) is 3. The van der Waals surface area contributed by atoms with Crippen molar-refractivity contribution in [1.29, 1.82) is 0 Å². The molecule has 0 aromatic heterocycles. The second-order valence-corrected chi connectivity index (χ2v) is 4.79. The fourth-order valence-electron chi connectivity index (χ4n) is 2.33. The maximum absolute atomic E-state index is 12.9. The summed E-state index contributed by atoms with van der Waals surface area (Å²) in [7, 11) is 4.41. The highest BCUT2D eigenvalue weighted by Gasteiger charge is 2.25. The van der Waals surface area contributed by atoms with E-state index in [1.54, 1.807) is 30.3 Å². The van der Waals surface area contributed by atoms with Crippen LogP contribution in [-0.4, -0.2) is 27.1 Å². The summed E-state index contributed by atoms with van der Waals surface area (Å²) in [5.41, 5.74) is 9.67. The molecule has 0 bridgehead atoms.